The van der Waals surface area contributed by atoms with Crippen molar-refractivity contribution < 1.29 is 17.7 Å². The standard InChI is InChI=1S/C26H27Cl2N5O4S/c1-14(2)36-23-12-18(27)17(22-10-16(5)33-37-22)11-21(23)31-26-29-13-19(28)25(32-26)30-20-8-6-7-9-24(20)38(34,35)15(3)4/h6-15H,1-5H3,(H2,29,30,31,32). The first-order valence-electron chi connectivity index (χ1n) is 11.8. The van der Waals surface area contributed by atoms with Gasteiger partial charge >= 0.3 is 0 Å². The van der Waals surface area contributed by atoms with Crippen LogP contribution >= 0.6 is 23.2 Å². The van der Waals surface area contributed by atoms with Crippen LogP contribution in [0.15, 0.2) is 58.1 Å². The van der Waals surface area contributed by atoms with Gasteiger partial charge in [-0.05, 0) is 52.8 Å². The number of ether oxygens (including phenoxy) is 1. The van der Waals surface area contributed by atoms with E-state index >= 15 is 0 Å². The van der Waals surface area contributed by atoms with E-state index in [9.17, 15) is 8.42 Å². The second-order valence-corrected chi connectivity index (χ2v) is 12.3. The summed E-state index contributed by atoms with van der Waals surface area (Å²) in [6.45, 7) is 8.87. The molecule has 2 heterocycles. The highest BCUT2D eigenvalue weighted by atomic mass is 35.5. The highest BCUT2D eigenvalue weighted by Crippen LogP contribution is 2.39. The van der Waals surface area contributed by atoms with Crippen molar-refractivity contribution in [3.63, 3.8) is 0 Å². The SMILES string of the molecule is Cc1cc(-c2cc(Nc3ncc(Cl)c(Nc4ccccc4S(=O)(=O)C(C)C)n3)c(OC(C)C)cc2Cl)on1. The highest BCUT2D eigenvalue weighted by Gasteiger charge is 2.23. The Bertz CT molecular complexity index is 1570. The Morgan fingerprint density at radius 3 is 2.37 bits per heavy atom. The third-order valence-electron chi connectivity index (χ3n) is 5.38. The van der Waals surface area contributed by atoms with Gasteiger partial charge in [0.2, 0.25) is 5.95 Å². The van der Waals surface area contributed by atoms with Gasteiger partial charge in [-0.1, -0.05) is 40.5 Å². The number of hydrogen-bond acceptors (Lipinski definition) is 9. The number of aryl methyl sites for hydroxylation is 1. The zero-order chi connectivity index (χ0) is 27.6. The van der Waals surface area contributed by atoms with Gasteiger partial charge in [0.05, 0.1) is 44.5 Å². The Labute approximate surface area is 231 Å². The number of sulfone groups is 1. The molecule has 0 aliphatic carbocycles. The molecule has 0 fully saturated rings. The number of halogens is 2. The summed E-state index contributed by atoms with van der Waals surface area (Å²) in [6.07, 6.45) is 1.28. The predicted molar refractivity (Wildman–Crippen MR) is 150 cm³/mol. The second-order valence-electron chi connectivity index (χ2n) is 9.06. The lowest BCUT2D eigenvalue weighted by molar-refractivity contribution is 0.244. The van der Waals surface area contributed by atoms with Crippen LogP contribution in [0, 0.1) is 6.92 Å². The lowest BCUT2D eigenvalue weighted by Crippen LogP contribution is -2.15. The van der Waals surface area contributed by atoms with E-state index in [4.69, 9.17) is 32.5 Å². The molecule has 0 radical (unpaired) electrons. The minimum absolute atomic E-state index is 0.132. The molecule has 4 rings (SSSR count). The van der Waals surface area contributed by atoms with Gasteiger partial charge in [0.1, 0.15) is 10.8 Å². The molecule has 0 aliphatic rings. The molecule has 2 N–H and O–H groups in total. The van der Waals surface area contributed by atoms with Crippen molar-refractivity contribution >= 4 is 56.2 Å². The van der Waals surface area contributed by atoms with Gasteiger partial charge in [-0.3, -0.25) is 0 Å². The van der Waals surface area contributed by atoms with Crippen LogP contribution in [-0.2, 0) is 9.84 Å². The number of rotatable bonds is 9. The van der Waals surface area contributed by atoms with E-state index in [1.165, 1.54) is 6.20 Å². The Morgan fingerprint density at radius 1 is 0.974 bits per heavy atom. The molecule has 0 bridgehead atoms. The third kappa shape index (κ3) is 6.03. The summed E-state index contributed by atoms with van der Waals surface area (Å²) in [4.78, 5) is 8.93. The van der Waals surface area contributed by atoms with Gasteiger partial charge in [0.15, 0.2) is 21.4 Å². The number of hydrogen-bond donors (Lipinski definition) is 2. The van der Waals surface area contributed by atoms with Gasteiger partial charge in [-0.2, -0.15) is 4.98 Å². The van der Waals surface area contributed by atoms with E-state index in [1.807, 2.05) is 20.8 Å². The van der Waals surface area contributed by atoms with Crippen LogP contribution in [0.1, 0.15) is 33.4 Å². The Balaban J connectivity index is 1.72. The molecule has 2 aromatic carbocycles. The molecular formula is C26H27Cl2N5O4S. The average molecular weight is 577 g/mol. The molecule has 0 atom stereocenters. The first-order chi connectivity index (χ1) is 18.0. The predicted octanol–water partition coefficient (Wildman–Crippen LogP) is 7.20. The van der Waals surface area contributed by atoms with Gasteiger partial charge < -0.3 is 19.9 Å². The molecule has 0 saturated heterocycles. The van der Waals surface area contributed by atoms with E-state index in [1.54, 1.807) is 56.3 Å². The van der Waals surface area contributed by atoms with Crippen molar-refractivity contribution in [2.24, 2.45) is 0 Å². The zero-order valence-corrected chi connectivity index (χ0v) is 23.7. The van der Waals surface area contributed by atoms with Crippen molar-refractivity contribution in [1.82, 2.24) is 15.1 Å². The maximum Gasteiger partial charge on any atom is 0.229 e. The molecule has 200 valence electrons. The normalized spacial score (nSPS) is 11.7. The molecule has 12 heteroatoms. The van der Waals surface area contributed by atoms with E-state index in [0.29, 0.717) is 39.2 Å². The Kier molecular flexibility index (Phi) is 8.15. The maximum atomic E-state index is 12.9. The summed E-state index contributed by atoms with van der Waals surface area (Å²) >= 11 is 12.9. The minimum atomic E-state index is -3.56. The van der Waals surface area contributed by atoms with Crippen LogP contribution < -0.4 is 15.4 Å². The summed E-state index contributed by atoms with van der Waals surface area (Å²) in [5.41, 5.74) is 2.20. The van der Waals surface area contributed by atoms with E-state index in [-0.39, 0.29) is 27.8 Å². The van der Waals surface area contributed by atoms with Crippen LogP contribution in [0.25, 0.3) is 11.3 Å². The Morgan fingerprint density at radius 2 is 1.71 bits per heavy atom. The van der Waals surface area contributed by atoms with Gasteiger partial charge in [-0.25, -0.2) is 13.4 Å². The molecule has 0 unspecified atom stereocenters. The zero-order valence-electron chi connectivity index (χ0n) is 21.4. The van der Waals surface area contributed by atoms with E-state index < -0.39 is 15.1 Å². The third-order valence-corrected chi connectivity index (χ3v) is 8.18. The topological polar surface area (TPSA) is 119 Å². The van der Waals surface area contributed by atoms with Crippen LogP contribution in [0.2, 0.25) is 10.0 Å². The van der Waals surface area contributed by atoms with Gasteiger partial charge in [-0.15, -0.1) is 0 Å². The first kappa shape index (κ1) is 27.7. The quantitative estimate of drug-likeness (QED) is 0.213. The molecule has 38 heavy (non-hydrogen) atoms. The van der Waals surface area contributed by atoms with Crippen LogP contribution in [0.3, 0.4) is 0 Å². The van der Waals surface area contributed by atoms with E-state index in [2.05, 4.69) is 25.8 Å². The monoisotopic (exact) mass is 575 g/mol. The lowest BCUT2D eigenvalue weighted by atomic mass is 10.1. The largest absolute Gasteiger partial charge is 0.489 e. The summed E-state index contributed by atoms with van der Waals surface area (Å²) < 4.78 is 37.1. The fraction of sp³-hybridized carbons (Fsp3) is 0.269. The average Bonchev–Trinajstić information content (AvgIpc) is 3.28. The summed E-state index contributed by atoms with van der Waals surface area (Å²) in [7, 11) is -3.56. The molecular weight excluding hydrogens is 549 g/mol. The van der Waals surface area contributed by atoms with Crippen molar-refractivity contribution in [3.8, 4) is 17.1 Å². The number of nitrogens with one attached hydrogen (secondary N) is 2. The van der Waals surface area contributed by atoms with Crippen molar-refractivity contribution in [3.05, 3.63) is 64.4 Å². The Hall–Kier alpha value is -3.34. The number of nitrogens with zero attached hydrogens (tertiary/aromatic N) is 3. The smallest absolute Gasteiger partial charge is 0.229 e. The maximum absolute atomic E-state index is 12.9. The molecule has 9 nitrogen and oxygen atoms in total. The van der Waals surface area contributed by atoms with E-state index in [0.717, 1.165) is 0 Å². The molecule has 0 spiro atoms. The summed E-state index contributed by atoms with van der Waals surface area (Å²) in [6, 6.07) is 11.8. The summed E-state index contributed by atoms with van der Waals surface area (Å²) in [5, 5.41) is 10.2. The summed E-state index contributed by atoms with van der Waals surface area (Å²) in [5.74, 6) is 1.39. The molecule has 0 saturated carbocycles. The minimum Gasteiger partial charge on any atom is -0.489 e. The number of aromatic nitrogens is 3. The lowest BCUT2D eigenvalue weighted by Gasteiger charge is -2.18. The van der Waals surface area contributed by atoms with Gasteiger partial charge in [0.25, 0.3) is 0 Å². The first-order valence-corrected chi connectivity index (χ1v) is 14.1. The van der Waals surface area contributed by atoms with Crippen LogP contribution in [0.4, 0.5) is 23.1 Å². The van der Waals surface area contributed by atoms with Crippen molar-refractivity contribution in [1.29, 1.82) is 0 Å². The van der Waals surface area contributed by atoms with Crippen molar-refractivity contribution in [2.75, 3.05) is 10.6 Å². The highest BCUT2D eigenvalue weighted by molar-refractivity contribution is 7.92. The molecule has 2 aromatic heterocycles. The fourth-order valence-corrected chi connectivity index (χ4v) is 5.11. The molecule has 0 aliphatic heterocycles. The van der Waals surface area contributed by atoms with Crippen LogP contribution in [-0.4, -0.2) is 34.9 Å². The van der Waals surface area contributed by atoms with Gasteiger partial charge in [0, 0.05) is 17.7 Å². The second kappa shape index (κ2) is 11.2. The van der Waals surface area contributed by atoms with Crippen molar-refractivity contribution in [2.45, 2.75) is 50.9 Å². The molecule has 0 amide bonds. The van der Waals surface area contributed by atoms with Crippen LogP contribution in [0.5, 0.6) is 5.75 Å². The number of benzene rings is 2. The molecule has 4 aromatic rings. The number of para-hydroxylation sites is 1. The number of anilines is 4. The fourth-order valence-electron chi connectivity index (χ4n) is 3.52.